The summed E-state index contributed by atoms with van der Waals surface area (Å²) in [7, 11) is 4.05. The van der Waals surface area contributed by atoms with E-state index in [2.05, 4.69) is 26.9 Å². The second-order valence-electron chi connectivity index (χ2n) is 7.44. The number of para-hydroxylation sites is 1. The number of rotatable bonds is 6. The van der Waals surface area contributed by atoms with Crippen LogP contribution in [0.3, 0.4) is 0 Å². The van der Waals surface area contributed by atoms with Gasteiger partial charge in [-0.25, -0.2) is 4.98 Å². The van der Waals surface area contributed by atoms with Crippen molar-refractivity contribution in [2.75, 3.05) is 24.3 Å². The number of benzene rings is 1. The second-order valence-corrected chi connectivity index (χ2v) is 7.44. The van der Waals surface area contributed by atoms with Crippen molar-refractivity contribution in [1.29, 1.82) is 0 Å². The third-order valence-corrected chi connectivity index (χ3v) is 5.21. The van der Waals surface area contributed by atoms with Crippen LogP contribution in [-0.4, -0.2) is 46.3 Å². The maximum absolute atomic E-state index is 4.76. The van der Waals surface area contributed by atoms with Gasteiger partial charge in [0.25, 0.3) is 0 Å². The van der Waals surface area contributed by atoms with Crippen LogP contribution in [0, 0.1) is 0 Å². The molecule has 142 valence electrons. The SMILES string of the molecule is CN(C)c1nc(NC2CCC(NCc3ccn[nH]3)CC2)nc2ccccc12. The molecule has 1 aliphatic rings. The first-order valence-corrected chi connectivity index (χ1v) is 9.61. The fraction of sp³-hybridized carbons (Fsp3) is 0.450. The van der Waals surface area contributed by atoms with Crippen molar-refractivity contribution in [1.82, 2.24) is 25.5 Å². The second kappa shape index (κ2) is 7.92. The Morgan fingerprint density at radius 2 is 1.81 bits per heavy atom. The Bertz CT molecular complexity index is 867. The third kappa shape index (κ3) is 4.19. The molecule has 3 aromatic rings. The molecule has 0 radical (unpaired) electrons. The molecule has 2 heterocycles. The number of aromatic amines is 1. The van der Waals surface area contributed by atoms with E-state index in [1.807, 2.05) is 43.3 Å². The number of nitrogens with zero attached hydrogens (tertiary/aromatic N) is 4. The maximum Gasteiger partial charge on any atom is 0.225 e. The summed E-state index contributed by atoms with van der Waals surface area (Å²) in [6.45, 7) is 0.850. The molecule has 7 nitrogen and oxygen atoms in total. The standard InChI is InChI=1S/C20H27N7/c1-27(2)19-17-5-3-4-6-18(17)24-20(25-19)23-15-9-7-14(8-10-15)21-13-16-11-12-22-26-16/h3-6,11-12,14-15,21H,7-10,13H2,1-2H3,(H,22,26)(H,23,24,25). The van der Waals surface area contributed by atoms with Crippen molar-refractivity contribution in [2.45, 2.75) is 44.3 Å². The van der Waals surface area contributed by atoms with Gasteiger partial charge in [-0.05, 0) is 43.9 Å². The molecule has 0 unspecified atom stereocenters. The third-order valence-electron chi connectivity index (χ3n) is 5.21. The summed E-state index contributed by atoms with van der Waals surface area (Å²) in [6, 6.07) is 11.2. The highest BCUT2D eigenvalue weighted by molar-refractivity contribution is 5.90. The number of hydrogen-bond acceptors (Lipinski definition) is 6. The summed E-state index contributed by atoms with van der Waals surface area (Å²) >= 11 is 0. The zero-order chi connectivity index (χ0) is 18.6. The van der Waals surface area contributed by atoms with Crippen LogP contribution in [0.15, 0.2) is 36.5 Å². The zero-order valence-electron chi connectivity index (χ0n) is 15.9. The Kier molecular flexibility index (Phi) is 5.20. The summed E-state index contributed by atoms with van der Waals surface area (Å²) in [6.07, 6.45) is 6.34. The minimum atomic E-state index is 0.423. The van der Waals surface area contributed by atoms with Crippen molar-refractivity contribution in [3.63, 3.8) is 0 Å². The van der Waals surface area contributed by atoms with Crippen LogP contribution in [-0.2, 0) is 6.54 Å². The molecule has 7 heteroatoms. The van der Waals surface area contributed by atoms with Gasteiger partial charge in [0.15, 0.2) is 0 Å². The Labute approximate surface area is 159 Å². The summed E-state index contributed by atoms with van der Waals surface area (Å²) in [5, 5.41) is 15.3. The Balaban J connectivity index is 1.37. The van der Waals surface area contributed by atoms with Crippen molar-refractivity contribution < 1.29 is 0 Å². The largest absolute Gasteiger partial charge is 0.362 e. The molecular formula is C20H27N7. The van der Waals surface area contributed by atoms with Crippen LogP contribution in [0.4, 0.5) is 11.8 Å². The minimum Gasteiger partial charge on any atom is -0.362 e. The number of hydrogen-bond donors (Lipinski definition) is 3. The molecule has 3 N–H and O–H groups in total. The number of aromatic nitrogens is 4. The molecule has 2 aromatic heterocycles. The van der Waals surface area contributed by atoms with Gasteiger partial charge in [0.2, 0.25) is 5.95 Å². The number of H-pyrrole nitrogens is 1. The first-order chi connectivity index (χ1) is 13.2. The van der Waals surface area contributed by atoms with E-state index < -0.39 is 0 Å². The van der Waals surface area contributed by atoms with E-state index in [9.17, 15) is 0 Å². The summed E-state index contributed by atoms with van der Waals surface area (Å²) in [5.41, 5.74) is 2.12. The minimum absolute atomic E-state index is 0.423. The van der Waals surface area contributed by atoms with Gasteiger partial charge in [-0.1, -0.05) is 12.1 Å². The first-order valence-electron chi connectivity index (χ1n) is 9.61. The Morgan fingerprint density at radius 1 is 1.04 bits per heavy atom. The molecule has 4 rings (SSSR count). The van der Waals surface area contributed by atoms with Gasteiger partial charge < -0.3 is 15.5 Å². The molecule has 0 spiro atoms. The molecule has 0 atom stereocenters. The highest BCUT2D eigenvalue weighted by Gasteiger charge is 2.22. The molecular weight excluding hydrogens is 338 g/mol. The predicted octanol–water partition coefficient (Wildman–Crippen LogP) is 2.93. The van der Waals surface area contributed by atoms with E-state index in [4.69, 9.17) is 9.97 Å². The molecule has 1 aromatic carbocycles. The molecule has 0 aliphatic heterocycles. The molecule has 0 saturated heterocycles. The van der Waals surface area contributed by atoms with Gasteiger partial charge in [0.1, 0.15) is 5.82 Å². The summed E-state index contributed by atoms with van der Waals surface area (Å²) in [4.78, 5) is 11.5. The Morgan fingerprint density at radius 3 is 2.56 bits per heavy atom. The fourth-order valence-electron chi connectivity index (χ4n) is 3.73. The fourth-order valence-corrected chi connectivity index (χ4v) is 3.73. The smallest absolute Gasteiger partial charge is 0.225 e. The number of fused-ring (bicyclic) bond motifs is 1. The first kappa shape index (κ1) is 17.7. The van der Waals surface area contributed by atoms with Gasteiger partial charge in [-0.2, -0.15) is 10.1 Å². The normalized spacial score (nSPS) is 19.9. The van der Waals surface area contributed by atoms with Gasteiger partial charge in [0, 0.05) is 50.0 Å². The molecule has 1 aliphatic carbocycles. The van der Waals surface area contributed by atoms with E-state index in [1.54, 1.807) is 6.20 Å². The average molecular weight is 365 g/mol. The quantitative estimate of drug-likeness (QED) is 0.623. The van der Waals surface area contributed by atoms with Crippen molar-refractivity contribution >= 4 is 22.7 Å². The summed E-state index contributed by atoms with van der Waals surface area (Å²) < 4.78 is 0. The van der Waals surface area contributed by atoms with E-state index in [0.29, 0.717) is 12.1 Å². The van der Waals surface area contributed by atoms with E-state index in [1.165, 1.54) is 0 Å². The van der Waals surface area contributed by atoms with Crippen LogP contribution in [0.25, 0.3) is 10.9 Å². The average Bonchev–Trinajstić information content (AvgIpc) is 3.20. The predicted molar refractivity (Wildman–Crippen MR) is 109 cm³/mol. The number of anilines is 2. The lowest BCUT2D eigenvalue weighted by Crippen LogP contribution is -2.37. The van der Waals surface area contributed by atoms with Crippen LogP contribution in [0.2, 0.25) is 0 Å². The maximum atomic E-state index is 4.76. The number of nitrogens with one attached hydrogen (secondary N) is 3. The molecule has 0 amide bonds. The molecule has 1 saturated carbocycles. The highest BCUT2D eigenvalue weighted by atomic mass is 15.2. The van der Waals surface area contributed by atoms with Crippen molar-refractivity contribution in [3.05, 3.63) is 42.2 Å². The van der Waals surface area contributed by atoms with E-state index in [-0.39, 0.29) is 0 Å². The van der Waals surface area contributed by atoms with Gasteiger partial charge in [-0.15, -0.1) is 0 Å². The van der Waals surface area contributed by atoms with Crippen LogP contribution in [0.1, 0.15) is 31.4 Å². The lowest BCUT2D eigenvalue weighted by Gasteiger charge is -2.30. The lowest BCUT2D eigenvalue weighted by atomic mass is 9.91. The highest BCUT2D eigenvalue weighted by Crippen LogP contribution is 2.26. The van der Waals surface area contributed by atoms with Crippen LogP contribution >= 0.6 is 0 Å². The molecule has 27 heavy (non-hydrogen) atoms. The van der Waals surface area contributed by atoms with Gasteiger partial charge in [-0.3, -0.25) is 5.10 Å². The van der Waals surface area contributed by atoms with Gasteiger partial charge >= 0.3 is 0 Å². The van der Waals surface area contributed by atoms with Crippen LogP contribution in [0.5, 0.6) is 0 Å². The van der Waals surface area contributed by atoms with Crippen molar-refractivity contribution in [3.8, 4) is 0 Å². The van der Waals surface area contributed by atoms with E-state index >= 15 is 0 Å². The van der Waals surface area contributed by atoms with Crippen LogP contribution < -0.4 is 15.5 Å². The topological polar surface area (TPSA) is 81.8 Å². The van der Waals surface area contributed by atoms with E-state index in [0.717, 1.165) is 60.6 Å². The van der Waals surface area contributed by atoms with Crippen molar-refractivity contribution in [2.24, 2.45) is 0 Å². The molecule has 1 fully saturated rings. The molecule has 0 bridgehead atoms. The Hall–Kier alpha value is -2.67. The zero-order valence-corrected chi connectivity index (χ0v) is 15.9. The monoisotopic (exact) mass is 365 g/mol. The summed E-state index contributed by atoms with van der Waals surface area (Å²) in [5.74, 6) is 1.68. The van der Waals surface area contributed by atoms with Gasteiger partial charge in [0.05, 0.1) is 5.52 Å². The lowest BCUT2D eigenvalue weighted by molar-refractivity contribution is 0.351.